The van der Waals surface area contributed by atoms with Gasteiger partial charge in [0.1, 0.15) is 11.9 Å². The highest BCUT2D eigenvalue weighted by Gasteiger charge is 2.39. The lowest BCUT2D eigenvalue weighted by molar-refractivity contribution is -0.136. The van der Waals surface area contributed by atoms with Gasteiger partial charge in [0.15, 0.2) is 0 Å². The molecule has 7 nitrogen and oxygen atoms in total. The molecule has 6 rings (SSSR count). The number of carbonyl (C=O) groups excluding carboxylic acids is 3. The number of benzene rings is 3. The molecule has 39 heavy (non-hydrogen) atoms. The molecular weight excluding hydrogens is 495 g/mol. The molecule has 1 unspecified atom stereocenters. The highest BCUT2D eigenvalue weighted by Crippen LogP contribution is 2.32. The molecule has 2 saturated heterocycles. The predicted octanol–water partition coefficient (Wildman–Crippen LogP) is 3.49. The van der Waals surface area contributed by atoms with Crippen molar-refractivity contribution < 1.29 is 18.8 Å². The van der Waals surface area contributed by atoms with E-state index in [1.165, 1.54) is 22.1 Å². The largest absolute Gasteiger partial charge is 0.322 e. The van der Waals surface area contributed by atoms with Crippen molar-refractivity contribution in [2.24, 2.45) is 0 Å². The van der Waals surface area contributed by atoms with Crippen LogP contribution in [0.15, 0.2) is 72.8 Å². The molecule has 0 bridgehead atoms. The number of hydrogen-bond donors (Lipinski definition) is 1. The Morgan fingerprint density at radius 2 is 1.51 bits per heavy atom. The summed E-state index contributed by atoms with van der Waals surface area (Å²) in [6.07, 6.45) is 0.481. The maximum absolute atomic E-state index is 15.2. The molecule has 200 valence electrons. The van der Waals surface area contributed by atoms with Crippen LogP contribution in [0.2, 0.25) is 0 Å². The number of halogens is 1. The number of hydrogen-bond acceptors (Lipinski definition) is 5. The van der Waals surface area contributed by atoms with Crippen LogP contribution in [0.3, 0.4) is 0 Å². The van der Waals surface area contributed by atoms with Crippen LogP contribution in [0.1, 0.15) is 51.5 Å². The first kappa shape index (κ1) is 25.4. The Balaban J connectivity index is 1.14. The van der Waals surface area contributed by atoms with Gasteiger partial charge in [-0.3, -0.25) is 29.5 Å². The van der Waals surface area contributed by atoms with Gasteiger partial charge >= 0.3 is 0 Å². The molecule has 0 aliphatic carbocycles. The summed E-state index contributed by atoms with van der Waals surface area (Å²) in [7, 11) is 0. The van der Waals surface area contributed by atoms with E-state index in [0.29, 0.717) is 17.7 Å². The third kappa shape index (κ3) is 5.10. The lowest BCUT2D eigenvalue weighted by Crippen LogP contribution is -2.52. The van der Waals surface area contributed by atoms with E-state index in [0.717, 1.165) is 31.7 Å². The summed E-state index contributed by atoms with van der Waals surface area (Å²) in [4.78, 5) is 43.0. The van der Waals surface area contributed by atoms with Crippen molar-refractivity contribution >= 4 is 17.7 Å². The maximum Gasteiger partial charge on any atom is 0.255 e. The van der Waals surface area contributed by atoms with Crippen molar-refractivity contribution in [1.29, 1.82) is 0 Å². The summed E-state index contributed by atoms with van der Waals surface area (Å²) in [5.41, 5.74) is 4.11. The molecular formula is C31H31FN4O3. The Kier molecular flexibility index (Phi) is 6.97. The van der Waals surface area contributed by atoms with Gasteiger partial charge in [-0.1, -0.05) is 60.7 Å². The molecule has 0 saturated carbocycles. The fourth-order valence-corrected chi connectivity index (χ4v) is 6.07. The van der Waals surface area contributed by atoms with E-state index in [4.69, 9.17) is 0 Å². The molecule has 3 amide bonds. The van der Waals surface area contributed by atoms with Gasteiger partial charge < -0.3 is 4.90 Å². The van der Waals surface area contributed by atoms with E-state index in [-0.39, 0.29) is 37.2 Å². The molecule has 0 radical (unpaired) electrons. The topological polar surface area (TPSA) is 73.0 Å². The first-order valence-electron chi connectivity index (χ1n) is 13.5. The number of amides is 3. The number of rotatable bonds is 6. The summed E-state index contributed by atoms with van der Waals surface area (Å²) >= 11 is 0. The normalized spacial score (nSPS) is 20.4. The molecule has 3 aromatic carbocycles. The van der Waals surface area contributed by atoms with Crippen LogP contribution in [0.25, 0.3) is 0 Å². The number of nitrogens with one attached hydrogen (secondary N) is 1. The molecule has 1 N–H and O–H groups in total. The number of carbonyl (C=O) groups is 3. The van der Waals surface area contributed by atoms with Crippen LogP contribution < -0.4 is 5.32 Å². The van der Waals surface area contributed by atoms with Crippen LogP contribution >= 0.6 is 0 Å². The number of imide groups is 1. The number of piperidine rings is 1. The number of fused-ring (bicyclic) bond motifs is 1. The summed E-state index contributed by atoms with van der Waals surface area (Å²) in [6.45, 7) is 4.01. The molecule has 0 aromatic heterocycles. The van der Waals surface area contributed by atoms with Gasteiger partial charge in [0.05, 0.1) is 6.04 Å². The first-order valence-corrected chi connectivity index (χ1v) is 13.5. The zero-order valence-electron chi connectivity index (χ0n) is 21.7. The zero-order chi connectivity index (χ0) is 26.9. The van der Waals surface area contributed by atoms with Gasteiger partial charge in [0.2, 0.25) is 11.8 Å². The molecule has 3 aliphatic heterocycles. The van der Waals surface area contributed by atoms with Crippen molar-refractivity contribution in [3.63, 3.8) is 0 Å². The molecule has 3 aromatic rings. The average molecular weight is 527 g/mol. The minimum atomic E-state index is -0.704. The fraction of sp³-hybridized carbons (Fsp3) is 0.323. The van der Waals surface area contributed by atoms with Crippen LogP contribution in [0.4, 0.5) is 4.39 Å². The summed E-state index contributed by atoms with van der Waals surface area (Å²) in [5.74, 6) is -1.55. The lowest BCUT2D eigenvalue weighted by atomic mass is 9.96. The van der Waals surface area contributed by atoms with E-state index in [1.54, 1.807) is 6.07 Å². The lowest BCUT2D eigenvalue weighted by Gasteiger charge is -2.40. The van der Waals surface area contributed by atoms with Crippen molar-refractivity contribution in [3.8, 4) is 0 Å². The molecule has 2 fully saturated rings. The monoisotopic (exact) mass is 526 g/mol. The minimum Gasteiger partial charge on any atom is -0.322 e. The maximum atomic E-state index is 15.2. The quantitative estimate of drug-likeness (QED) is 0.498. The second-order valence-corrected chi connectivity index (χ2v) is 10.5. The summed E-state index contributed by atoms with van der Waals surface area (Å²) in [6, 6.07) is 23.6. The highest BCUT2D eigenvalue weighted by molar-refractivity contribution is 6.05. The van der Waals surface area contributed by atoms with E-state index in [2.05, 4.69) is 63.6 Å². The molecule has 3 aliphatic rings. The Labute approximate surface area is 227 Å². The molecule has 8 heteroatoms. The average Bonchev–Trinajstić information content (AvgIpc) is 3.26. The van der Waals surface area contributed by atoms with Gasteiger partial charge in [-0.25, -0.2) is 4.39 Å². The number of piperazine rings is 1. The summed E-state index contributed by atoms with van der Waals surface area (Å²) in [5, 5.41) is 2.31. The van der Waals surface area contributed by atoms with Crippen LogP contribution in [0.5, 0.6) is 0 Å². The van der Waals surface area contributed by atoms with E-state index >= 15 is 4.39 Å². The Morgan fingerprint density at radius 1 is 0.872 bits per heavy atom. The zero-order valence-corrected chi connectivity index (χ0v) is 21.7. The van der Waals surface area contributed by atoms with E-state index in [9.17, 15) is 14.4 Å². The molecule has 1 atom stereocenters. The van der Waals surface area contributed by atoms with Crippen LogP contribution in [-0.2, 0) is 22.7 Å². The van der Waals surface area contributed by atoms with E-state index in [1.807, 2.05) is 12.1 Å². The minimum absolute atomic E-state index is 0.163. The third-order valence-corrected chi connectivity index (χ3v) is 8.09. The van der Waals surface area contributed by atoms with Crippen molar-refractivity contribution in [3.05, 3.63) is 106 Å². The second-order valence-electron chi connectivity index (χ2n) is 10.5. The van der Waals surface area contributed by atoms with Crippen LogP contribution in [-0.4, -0.2) is 64.6 Å². The summed E-state index contributed by atoms with van der Waals surface area (Å²) < 4.78 is 15.2. The van der Waals surface area contributed by atoms with Gasteiger partial charge in [0.25, 0.3) is 5.91 Å². The first-order chi connectivity index (χ1) is 19.0. The second kappa shape index (κ2) is 10.7. The Morgan fingerprint density at radius 3 is 2.13 bits per heavy atom. The van der Waals surface area contributed by atoms with Gasteiger partial charge in [-0.05, 0) is 35.2 Å². The Bertz CT molecular complexity index is 1350. The molecule has 3 heterocycles. The van der Waals surface area contributed by atoms with Crippen LogP contribution in [0, 0.1) is 5.82 Å². The fourth-order valence-electron chi connectivity index (χ4n) is 6.07. The third-order valence-electron chi connectivity index (χ3n) is 8.09. The standard InChI is InChI=1S/C31H31FN4O3/c32-26-18-25-23(20-36(31(25)39)27-11-12-28(37)33-30(27)38)17-24(26)19-34-13-15-35(16-14-34)29(21-7-3-1-4-8-21)22-9-5-2-6-10-22/h1-10,17-18,27,29H,11-16,19-20H2,(H,33,37,38). The SMILES string of the molecule is O=C1CCC(N2Cc3cc(CN4CCN(C(c5ccccc5)c5ccccc5)CC4)c(F)cc3C2=O)C(=O)N1. The molecule has 0 spiro atoms. The van der Waals surface area contributed by atoms with Crippen molar-refractivity contribution in [2.45, 2.75) is 38.0 Å². The highest BCUT2D eigenvalue weighted by atomic mass is 19.1. The van der Waals surface area contributed by atoms with Gasteiger partial charge in [-0.2, -0.15) is 0 Å². The number of nitrogens with zero attached hydrogens (tertiary/aromatic N) is 3. The van der Waals surface area contributed by atoms with Crippen molar-refractivity contribution in [2.75, 3.05) is 26.2 Å². The Hall–Kier alpha value is -3.88. The van der Waals surface area contributed by atoms with Gasteiger partial charge in [-0.15, -0.1) is 0 Å². The predicted molar refractivity (Wildman–Crippen MR) is 144 cm³/mol. The smallest absolute Gasteiger partial charge is 0.255 e. The van der Waals surface area contributed by atoms with Crippen molar-refractivity contribution in [1.82, 2.24) is 20.0 Å². The van der Waals surface area contributed by atoms with Gasteiger partial charge in [0, 0.05) is 56.8 Å². The van der Waals surface area contributed by atoms with E-state index < -0.39 is 17.8 Å².